The molecule has 29 heavy (non-hydrogen) atoms. The summed E-state index contributed by atoms with van der Waals surface area (Å²) in [6.45, 7) is -1.34. The average molecular weight is 419 g/mol. The van der Waals surface area contributed by atoms with E-state index in [0.29, 0.717) is 16.1 Å². The summed E-state index contributed by atoms with van der Waals surface area (Å²) < 4.78 is 44.4. The Balaban J connectivity index is 1.48. The molecule has 9 heteroatoms. The van der Waals surface area contributed by atoms with Crippen LogP contribution in [0.1, 0.15) is 29.4 Å². The second-order valence-corrected chi connectivity index (χ2v) is 7.44. The molecule has 5 nitrogen and oxygen atoms in total. The molecule has 0 amide bonds. The van der Waals surface area contributed by atoms with Gasteiger partial charge >= 0.3 is 6.18 Å². The first-order valence-corrected chi connectivity index (χ1v) is 9.35. The number of nitrogens with zero attached hydrogens (tertiary/aromatic N) is 4. The van der Waals surface area contributed by atoms with Gasteiger partial charge in [0.25, 0.3) is 0 Å². The molecule has 0 N–H and O–H groups in total. The van der Waals surface area contributed by atoms with E-state index in [2.05, 4.69) is 15.1 Å². The van der Waals surface area contributed by atoms with Crippen molar-refractivity contribution >= 4 is 28.2 Å². The minimum atomic E-state index is -4.40. The van der Waals surface area contributed by atoms with Crippen molar-refractivity contribution in [2.24, 2.45) is 0 Å². The Morgan fingerprint density at radius 3 is 2.79 bits per heavy atom. The molecule has 0 radical (unpaired) electrons. The highest BCUT2D eigenvalue weighted by Crippen LogP contribution is 2.56. The van der Waals surface area contributed by atoms with Crippen LogP contribution >= 0.6 is 11.6 Å². The number of aromatic nitrogens is 4. The lowest BCUT2D eigenvalue weighted by Crippen LogP contribution is -2.19. The molecule has 148 valence electrons. The van der Waals surface area contributed by atoms with Gasteiger partial charge in [-0.15, -0.1) is 0 Å². The number of benzene rings is 1. The smallest absolute Gasteiger partial charge is 0.422 e. The second-order valence-electron chi connectivity index (χ2n) is 7.06. The van der Waals surface area contributed by atoms with E-state index >= 15 is 0 Å². The van der Waals surface area contributed by atoms with Crippen LogP contribution in [-0.4, -0.2) is 32.4 Å². The fourth-order valence-electron chi connectivity index (χ4n) is 3.74. The fourth-order valence-corrected chi connectivity index (χ4v) is 3.94. The molecule has 0 saturated heterocycles. The van der Waals surface area contributed by atoms with E-state index in [4.69, 9.17) is 16.3 Å². The number of pyridine rings is 1. The van der Waals surface area contributed by atoms with Crippen molar-refractivity contribution < 1.29 is 17.9 Å². The number of rotatable bonds is 4. The van der Waals surface area contributed by atoms with Gasteiger partial charge in [-0.3, -0.25) is 4.98 Å². The zero-order valence-electron chi connectivity index (χ0n) is 14.9. The van der Waals surface area contributed by atoms with Gasteiger partial charge in [-0.2, -0.15) is 18.3 Å². The number of halogens is 4. The van der Waals surface area contributed by atoms with Crippen molar-refractivity contribution in [1.29, 1.82) is 0 Å². The number of imidazole rings is 1. The molecular weight excluding hydrogens is 405 g/mol. The minimum absolute atomic E-state index is 0.175. The van der Waals surface area contributed by atoms with Crippen LogP contribution in [0.4, 0.5) is 13.2 Å². The standard InChI is InChI=1S/C20H14ClF3N4O/c21-18-9-14(19-26-5-6-28(19)27-18)13-8-12(13)11-1-2-16-15(7-11)17(3-4-25-16)29-10-20(22,23)24/h1-7,9,12-13H,8,10H2/t12-,13+/m1/s1. The summed E-state index contributed by atoms with van der Waals surface area (Å²) in [6, 6.07) is 8.92. The molecule has 1 aliphatic rings. The first-order valence-electron chi connectivity index (χ1n) is 8.97. The highest BCUT2D eigenvalue weighted by Gasteiger charge is 2.41. The average Bonchev–Trinajstić information content (AvgIpc) is 3.34. The second kappa shape index (κ2) is 6.59. The molecule has 3 heterocycles. The van der Waals surface area contributed by atoms with Crippen molar-refractivity contribution in [3.05, 3.63) is 65.2 Å². The quantitative estimate of drug-likeness (QED) is 0.460. The van der Waals surface area contributed by atoms with Crippen LogP contribution < -0.4 is 4.74 Å². The lowest BCUT2D eigenvalue weighted by Gasteiger charge is -2.12. The predicted molar refractivity (Wildman–Crippen MR) is 101 cm³/mol. The summed E-state index contributed by atoms with van der Waals surface area (Å²) >= 11 is 6.14. The SMILES string of the molecule is FC(F)(F)COc1ccnc2ccc([C@H]3C[C@@H]3c3cc(Cl)nn4ccnc34)cc12. The van der Waals surface area contributed by atoms with Crippen LogP contribution in [0.5, 0.6) is 5.75 Å². The van der Waals surface area contributed by atoms with Gasteiger partial charge in [-0.1, -0.05) is 17.7 Å². The summed E-state index contributed by atoms with van der Waals surface area (Å²) in [5, 5.41) is 5.16. The third-order valence-corrected chi connectivity index (χ3v) is 5.28. The minimum Gasteiger partial charge on any atom is -0.483 e. The Morgan fingerprint density at radius 2 is 1.97 bits per heavy atom. The van der Waals surface area contributed by atoms with Crippen molar-refractivity contribution in [1.82, 2.24) is 19.6 Å². The summed E-state index contributed by atoms with van der Waals surface area (Å²) in [5.74, 6) is 0.608. The van der Waals surface area contributed by atoms with Gasteiger partial charge in [0.05, 0.1) is 5.52 Å². The summed E-state index contributed by atoms with van der Waals surface area (Å²) in [5.41, 5.74) is 3.39. The third-order valence-electron chi connectivity index (χ3n) is 5.09. The number of ether oxygens (including phenoxy) is 1. The molecule has 3 aromatic heterocycles. The van der Waals surface area contributed by atoms with E-state index in [9.17, 15) is 13.2 Å². The lowest BCUT2D eigenvalue weighted by atomic mass is 10.0. The molecule has 2 atom stereocenters. The molecule has 0 aliphatic heterocycles. The number of alkyl halides is 3. The van der Waals surface area contributed by atoms with Gasteiger partial charge in [0, 0.05) is 29.5 Å². The molecule has 0 unspecified atom stereocenters. The number of hydrogen-bond donors (Lipinski definition) is 0. The van der Waals surface area contributed by atoms with Crippen LogP contribution in [0.25, 0.3) is 16.6 Å². The molecule has 1 saturated carbocycles. The van der Waals surface area contributed by atoms with E-state index in [0.717, 1.165) is 23.2 Å². The maximum atomic E-state index is 12.6. The van der Waals surface area contributed by atoms with E-state index in [1.165, 1.54) is 12.3 Å². The molecule has 0 bridgehead atoms. The maximum Gasteiger partial charge on any atom is 0.422 e. The van der Waals surface area contributed by atoms with Crippen molar-refractivity contribution in [3.63, 3.8) is 0 Å². The van der Waals surface area contributed by atoms with Gasteiger partial charge in [-0.25, -0.2) is 9.50 Å². The number of hydrogen-bond acceptors (Lipinski definition) is 4. The van der Waals surface area contributed by atoms with E-state index in [-0.39, 0.29) is 17.6 Å². The molecule has 0 spiro atoms. The Kier molecular flexibility index (Phi) is 4.13. The van der Waals surface area contributed by atoms with E-state index in [1.54, 1.807) is 16.9 Å². The van der Waals surface area contributed by atoms with E-state index < -0.39 is 12.8 Å². The van der Waals surface area contributed by atoms with Crippen LogP contribution in [0.15, 0.2) is 48.9 Å². The highest BCUT2D eigenvalue weighted by atomic mass is 35.5. The van der Waals surface area contributed by atoms with Crippen LogP contribution in [0.2, 0.25) is 5.15 Å². The molecule has 1 aliphatic carbocycles. The van der Waals surface area contributed by atoms with Gasteiger partial charge in [0.2, 0.25) is 0 Å². The van der Waals surface area contributed by atoms with Gasteiger partial charge in [0.1, 0.15) is 10.9 Å². The summed E-state index contributed by atoms with van der Waals surface area (Å²) in [4.78, 5) is 8.60. The largest absolute Gasteiger partial charge is 0.483 e. The normalized spacial score (nSPS) is 19.0. The van der Waals surface area contributed by atoms with Crippen LogP contribution in [-0.2, 0) is 0 Å². The zero-order chi connectivity index (χ0) is 20.2. The van der Waals surface area contributed by atoms with Crippen molar-refractivity contribution in [3.8, 4) is 5.75 Å². The molecular formula is C20H14ClF3N4O. The Labute approximate surface area is 168 Å². The maximum absolute atomic E-state index is 12.6. The predicted octanol–water partition coefficient (Wildman–Crippen LogP) is 5.14. The summed E-state index contributed by atoms with van der Waals surface area (Å²) in [6.07, 6.45) is 1.36. The van der Waals surface area contributed by atoms with Gasteiger partial charge in [0.15, 0.2) is 12.3 Å². The van der Waals surface area contributed by atoms with Gasteiger partial charge in [-0.05, 0) is 48.1 Å². The van der Waals surface area contributed by atoms with Gasteiger partial charge < -0.3 is 4.74 Å². The summed E-state index contributed by atoms with van der Waals surface area (Å²) in [7, 11) is 0. The van der Waals surface area contributed by atoms with Crippen LogP contribution in [0.3, 0.4) is 0 Å². The number of fused-ring (bicyclic) bond motifs is 2. The molecule has 1 aromatic carbocycles. The topological polar surface area (TPSA) is 52.3 Å². The lowest BCUT2D eigenvalue weighted by molar-refractivity contribution is -0.153. The highest BCUT2D eigenvalue weighted by molar-refractivity contribution is 6.29. The van der Waals surface area contributed by atoms with Crippen molar-refractivity contribution in [2.75, 3.05) is 6.61 Å². The molecule has 5 rings (SSSR count). The Hall–Kier alpha value is -2.87. The molecule has 4 aromatic rings. The Morgan fingerprint density at radius 1 is 1.10 bits per heavy atom. The Bertz CT molecular complexity index is 1220. The van der Waals surface area contributed by atoms with Crippen LogP contribution in [0, 0.1) is 0 Å². The first-order chi connectivity index (χ1) is 13.9. The molecule has 1 fully saturated rings. The fraction of sp³-hybridized carbons (Fsp3) is 0.250. The monoisotopic (exact) mass is 418 g/mol. The van der Waals surface area contributed by atoms with Crippen molar-refractivity contribution in [2.45, 2.75) is 24.4 Å². The third kappa shape index (κ3) is 3.48. The van der Waals surface area contributed by atoms with E-state index in [1.807, 2.05) is 24.3 Å². The first kappa shape index (κ1) is 18.2. The zero-order valence-corrected chi connectivity index (χ0v) is 15.7.